The van der Waals surface area contributed by atoms with E-state index in [1.54, 1.807) is 0 Å². The van der Waals surface area contributed by atoms with E-state index < -0.39 is 0 Å². The van der Waals surface area contributed by atoms with Crippen molar-refractivity contribution in [1.82, 2.24) is 10.3 Å². The summed E-state index contributed by atoms with van der Waals surface area (Å²) in [5.41, 5.74) is 2.90. The first-order valence-corrected chi connectivity index (χ1v) is 7.53. The third kappa shape index (κ3) is 3.11. The first-order chi connectivity index (χ1) is 8.86. The van der Waals surface area contributed by atoms with E-state index >= 15 is 0 Å². The molecule has 1 aromatic rings. The van der Waals surface area contributed by atoms with Gasteiger partial charge in [0.1, 0.15) is 0 Å². The molecule has 2 rings (SSSR count). The minimum atomic E-state index is 0.535. The van der Waals surface area contributed by atoms with Crippen molar-refractivity contribution < 1.29 is 0 Å². The molecular formula is C16H26N2. The van der Waals surface area contributed by atoms with E-state index in [2.05, 4.69) is 30.2 Å². The summed E-state index contributed by atoms with van der Waals surface area (Å²) in [5.74, 6) is 0.811. The summed E-state index contributed by atoms with van der Waals surface area (Å²) in [6.45, 7) is 5.49. The molecule has 0 amide bonds. The Kier molecular flexibility index (Phi) is 5.18. The Hall–Kier alpha value is -0.890. The van der Waals surface area contributed by atoms with Gasteiger partial charge in [-0.1, -0.05) is 33.1 Å². The summed E-state index contributed by atoms with van der Waals surface area (Å²) in [4.78, 5) is 4.28. The lowest BCUT2D eigenvalue weighted by atomic mass is 9.80. The van der Waals surface area contributed by atoms with Crippen LogP contribution in [0.15, 0.2) is 18.5 Å². The van der Waals surface area contributed by atoms with Crippen LogP contribution >= 0.6 is 0 Å². The van der Waals surface area contributed by atoms with Gasteiger partial charge in [0, 0.05) is 18.4 Å². The van der Waals surface area contributed by atoms with Gasteiger partial charge in [-0.3, -0.25) is 4.98 Å². The molecule has 100 valence electrons. The first-order valence-electron chi connectivity index (χ1n) is 7.53. The molecule has 0 aromatic carbocycles. The molecule has 2 heteroatoms. The SMILES string of the molecule is CCNC(c1ccncc1CC)C1CCCCC1. The van der Waals surface area contributed by atoms with Crippen molar-refractivity contribution in [3.05, 3.63) is 29.6 Å². The number of nitrogens with zero attached hydrogens (tertiary/aromatic N) is 1. The zero-order chi connectivity index (χ0) is 12.8. The van der Waals surface area contributed by atoms with Crippen LogP contribution in [-0.2, 0) is 6.42 Å². The molecule has 1 saturated carbocycles. The van der Waals surface area contributed by atoms with Gasteiger partial charge in [0.15, 0.2) is 0 Å². The van der Waals surface area contributed by atoms with Gasteiger partial charge in [-0.05, 0) is 48.9 Å². The Morgan fingerprint density at radius 3 is 2.72 bits per heavy atom. The topological polar surface area (TPSA) is 24.9 Å². The van der Waals surface area contributed by atoms with E-state index in [9.17, 15) is 0 Å². The molecule has 1 aliphatic carbocycles. The van der Waals surface area contributed by atoms with Gasteiger partial charge in [0.25, 0.3) is 0 Å². The van der Waals surface area contributed by atoms with E-state index in [1.807, 2.05) is 12.4 Å². The molecule has 1 fully saturated rings. The van der Waals surface area contributed by atoms with Crippen molar-refractivity contribution in [3.63, 3.8) is 0 Å². The molecule has 0 radical (unpaired) electrons. The first kappa shape index (κ1) is 13.5. The van der Waals surface area contributed by atoms with Crippen LogP contribution in [0.3, 0.4) is 0 Å². The quantitative estimate of drug-likeness (QED) is 0.853. The lowest BCUT2D eigenvalue weighted by Crippen LogP contribution is -2.30. The van der Waals surface area contributed by atoms with E-state index in [0.29, 0.717) is 6.04 Å². The van der Waals surface area contributed by atoms with Gasteiger partial charge in [-0.25, -0.2) is 0 Å². The fourth-order valence-electron chi connectivity index (χ4n) is 3.25. The van der Waals surface area contributed by atoms with Crippen molar-refractivity contribution in [2.24, 2.45) is 5.92 Å². The molecule has 1 heterocycles. The Morgan fingerprint density at radius 1 is 1.28 bits per heavy atom. The zero-order valence-corrected chi connectivity index (χ0v) is 11.8. The van der Waals surface area contributed by atoms with Gasteiger partial charge >= 0.3 is 0 Å². The van der Waals surface area contributed by atoms with Gasteiger partial charge in [-0.2, -0.15) is 0 Å². The van der Waals surface area contributed by atoms with Gasteiger partial charge in [0.05, 0.1) is 0 Å². The van der Waals surface area contributed by atoms with E-state index in [-0.39, 0.29) is 0 Å². The molecule has 2 nitrogen and oxygen atoms in total. The van der Waals surface area contributed by atoms with Gasteiger partial charge < -0.3 is 5.32 Å². The standard InChI is InChI=1S/C16H26N2/c1-3-13-12-17-11-10-15(13)16(18-4-2)14-8-6-5-7-9-14/h10-12,14,16,18H,3-9H2,1-2H3. The third-order valence-electron chi connectivity index (χ3n) is 4.20. The molecule has 1 aromatic heterocycles. The molecule has 18 heavy (non-hydrogen) atoms. The van der Waals surface area contributed by atoms with Crippen molar-refractivity contribution in [1.29, 1.82) is 0 Å². The number of nitrogens with one attached hydrogen (secondary N) is 1. The molecule has 1 aliphatic rings. The van der Waals surface area contributed by atoms with Crippen molar-refractivity contribution in [3.8, 4) is 0 Å². The molecule has 1 N–H and O–H groups in total. The van der Waals surface area contributed by atoms with Crippen LogP contribution in [0.25, 0.3) is 0 Å². The maximum atomic E-state index is 4.28. The van der Waals surface area contributed by atoms with Crippen LogP contribution in [0.5, 0.6) is 0 Å². The summed E-state index contributed by atoms with van der Waals surface area (Å²) in [6, 6.07) is 2.76. The Morgan fingerprint density at radius 2 is 2.06 bits per heavy atom. The fourth-order valence-corrected chi connectivity index (χ4v) is 3.25. The zero-order valence-electron chi connectivity index (χ0n) is 11.8. The summed E-state index contributed by atoms with van der Waals surface area (Å²) in [6.07, 6.45) is 12.1. The summed E-state index contributed by atoms with van der Waals surface area (Å²) < 4.78 is 0. The number of rotatable bonds is 5. The summed E-state index contributed by atoms with van der Waals surface area (Å²) in [7, 11) is 0. The maximum absolute atomic E-state index is 4.28. The number of aryl methyl sites for hydroxylation is 1. The van der Waals surface area contributed by atoms with E-state index in [1.165, 1.54) is 43.2 Å². The number of hydrogen-bond acceptors (Lipinski definition) is 2. The summed E-state index contributed by atoms with van der Waals surface area (Å²) in [5, 5.41) is 3.72. The van der Waals surface area contributed by atoms with Crippen LogP contribution < -0.4 is 5.32 Å². The largest absolute Gasteiger partial charge is 0.310 e. The Labute approximate surface area is 111 Å². The minimum absolute atomic E-state index is 0.535. The van der Waals surface area contributed by atoms with Crippen molar-refractivity contribution >= 4 is 0 Å². The molecule has 1 unspecified atom stereocenters. The van der Waals surface area contributed by atoms with Crippen LogP contribution in [0.4, 0.5) is 0 Å². The highest BCUT2D eigenvalue weighted by Gasteiger charge is 2.25. The van der Waals surface area contributed by atoms with Crippen molar-refractivity contribution in [2.75, 3.05) is 6.54 Å². The fraction of sp³-hybridized carbons (Fsp3) is 0.688. The van der Waals surface area contributed by atoms with Crippen LogP contribution in [0, 0.1) is 5.92 Å². The lowest BCUT2D eigenvalue weighted by molar-refractivity contribution is 0.273. The highest BCUT2D eigenvalue weighted by molar-refractivity contribution is 5.27. The lowest BCUT2D eigenvalue weighted by Gasteiger charge is -2.32. The number of pyridine rings is 1. The maximum Gasteiger partial charge on any atom is 0.0352 e. The molecular weight excluding hydrogens is 220 g/mol. The molecule has 0 saturated heterocycles. The molecule has 0 aliphatic heterocycles. The normalized spacial score (nSPS) is 18.8. The van der Waals surface area contributed by atoms with Crippen LogP contribution in [0.1, 0.15) is 63.1 Å². The van der Waals surface area contributed by atoms with Crippen LogP contribution in [0.2, 0.25) is 0 Å². The second kappa shape index (κ2) is 6.89. The highest BCUT2D eigenvalue weighted by atomic mass is 14.9. The predicted molar refractivity (Wildman–Crippen MR) is 76.6 cm³/mol. The average Bonchev–Trinajstić information content (AvgIpc) is 2.46. The highest BCUT2D eigenvalue weighted by Crippen LogP contribution is 2.35. The second-order valence-corrected chi connectivity index (χ2v) is 5.36. The average molecular weight is 246 g/mol. The number of hydrogen-bond donors (Lipinski definition) is 1. The second-order valence-electron chi connectivity index (χ2n) is 5.36. The number of aromatic nitrogens is 1. The smallest absolute Gasteiger partial charge is 0.0352 e. The van der Waals surface area contributed by atoms with Crippen LogP contribution in [-0.4, -0.2) is 11.5 Å². The third-order valence-corrected chi connectivity index (χ3v) is 4.20. The van der Waals surface area contributed by atoms with E-state index in [4.69, 9.17) is 0 Å². The molecule has 1 atom stereocenters. The van der Waals surface area contributed by atoms with Crippen molar-refractivity contribution in [2.45, 2.75) is 58.4 Å². The predicted octanol–water partition coefficient (Wildman–Crippen LogP) is 3.87. The van der Waals surface area contributed by atoms with Gasteiger partial charge in [0.2, 0.25) is 0 Å². The Balaban J connectivity index is 2.22. The minimum Gasteiger partial charge on any atom is -0.310 e. The summed E-state index contributed by atoms with van der Waals surface area (Å²) >= 11 is 0. The monoisotopic (exact) mass is 246 g/mol. The van der Waals surface area contributed by atoms with E-state index in [0.717, 1.165) is 18.9 Å². The molecule has 0 bridgehead atoms. The Bertz CT molecular complexity index is 356. The van der Waals surface area contributed by atoms with Gasteiger partial charge in [-0.15, -0.1) is 0 Å². The molecule has 0 spiro atoms.